The van der Waals surface area contributed by atoms with Crippen molar-refractivity contribution in [1.29, 1.82) is 0 Å². The third kappa shape index (κ3) is 2.82. The summed E-state index contributed by atoms with van der Waals surface area (Å²) in [7, 11) is 0. The maximum absolute atomic E-state index is 11.2. The van der Waals surface area contributed by atoms with Crippen molar-refractivity contribution in [3.8, 4) is 0 Å². The van der Waals surface area contributed by atoms with Crippen LogP contribution >= 0.6 is 11.8 Å². The summed E-state index contributed by atoms with van der Waals surface area (Å²) in [6, 6.07) is 11.7. The van der Waals surface area contributed by atoms with Gasteiger partial charge in [-0.05, 0) is 18.1 Å². The molecule has 0 saturated carbocycles. The Morgan fingerprint density at radius 3 is 2.61 bits per heavy atom. The number of benzene rings is 1. The lowest BCUT2D eigenvalue weighted by Gasteiger charge is -2.15. The second kappa shape index (κ2) is 5.40. The van der Waals surface area contributed by atoms with Crippen LogP contribution in [0.3, 0.4) is 0 Å². The summed E-state index contributed by atoms with van der Waals surface area (Å²) >= 11 is 1.31. The Bertz CT molecular complexity index is 568. The van der Waals surface area contributed by atoms with Gasteiger partial charge in [-0.3, -0.25) is 4.79 Å². The summed E-state index contributed by atoms with van der Waals surface area (Å²) in [4.78, 5) is 15.6. The molecule has 1 unspecified atom stereocenters. The maximum Gasteiger partial charge on any atom is 0.317 e. The van der Waals surface area contributed by atoms with Gasteiger partial charge >= 0.3 is 5.97 Å². The number of carboxylic acids is 1. The maximum atomic E-state index is 11.2. The van der Waals surface area contributed by atoms with E-state index in [9.17, 15) is 4.79 Å². The van der Waals surface area contributed by atoms with E-state index in [1.54, 1.807) is 0 Å². The van der Waals surface area contributed by atoms with E-state index in [1.807, 2.05) is 50.2 Å². The molecule has 0 aliphatic rings. The zero-order valence-electron chi connectivity index (χ0n) is 10.3. The average molecular weight is 261 g/mol. The SMILES string of the molecule is CC(C)C(Sc1ccc2ccccc2n1)C(=O)O. The first-order valence-electron chi connectivity index (χ1n) is 5.83. The van der Waals surface area contributed by atoms with E-state index in [4.69, 9.17) is 5.11 Å². The first-order valence-corrected chi connectivity index (χ1v) is 6.71. The van der Waals surface area contributed by atoms with Crippen LogP contribution in [0.4, 0.5) is 0 Å². The van der Waals surface area contributed by atoms with Crippen LogP contribution in [-0.2, 0) is 4.79 Å². The number of aliphatic carboxylic acids is 1. The largest absolute Gasteiger partial charge is 0.480 e. The third-order valence-electron chi connectivity index (χ3n) is 2.67. The van der Waals surface area contributed by atoms with Crippen molar-refractivity contribution in [1.82, 2.24) is 4.98 Å². The highest BCUT2D eigenvalue weighted by atomic mass is 32.2. The number of para-hydroxylation sites is 1. The fourth-order valence-electron chi connectivity index (χ4n) is 1.71. The van der Waals surface area contributed by atoms with Gasteiger partial charge in [-0.2, -0.15) is 0 Å². The van der Waals surface area contributed by atoms with Crippen LogP contribution in [0.1, 0.15) is 13.8 Å². The van der Waals surface area contributed by atoms with Gasteiger partial charge in [0, 0.05) is 5.39 Å². The molecule has 0 bridgehead atoms. The highest BCUT2D eigenvalue weighted by molar-refractivity contribution is 8.00. The van der Waals surface area contributed by atoms with E-state index in [0.29, 0.717) is 0 Å². The topological polar surface area (TPSA) is 50.2 Å². The fourth-order valence-corrected chi connectivity index (χ4v) is 2.65. The fraction of sp³-hybridized carbons (Fsp3) is 0.286. The molecule has 3 nitrogen and oxygen atoms in total. The predicted octanol–water partition coefficient (Wildman–Crippen LogP) is 3.44. The van der Waals surface area contributed by atoms with Gasteiger partial charge in [0.2, 0.25) is 0 Å². The van der Waals surface area contributed by atoms with E-state index in [1.165, 1.54) is 11.8 Å². The van der Waals surface area contributed by atoms with Gasteiger partial charge in [0.1, 0.15) is 5.25 Å². The highest BCUT2D eigenvalue weighted by Crippen LogP contribution is 2.28. The Morgan fingerprint density at radius 2 is 1.94 bits per heavy atom. The number of nitrogens with zero attached hydrogens (tertiary/aromatic N) is 1. The molecule has 2 aromatic rings. The van der Waals surface area contributed by atoms with Gasteiger partial charge in [-0.25, -0.2) is 4.98 Å². The van der Waals surface area contributed by atoms with Gasteiger partial charge < -0.3 is 5.11 Å². The highest BCUT2D eigenvalue weighted by Gasteiger charge is 2.23. The molecule has 0 spiro atoms. The summed E-state index contributed by atoms with van der Waals surface area (Å²) in [6.07, 6.45) is 0. The molecule has 0 saturated heterocycles. The molecule has 1 heterocycles. The minimum atomic E-state index is -0.787. The molecule has 18 heavy (non-hydrogen) atoms. The lowest BCUT2D eigenvalue weighted by molar-refractivity contribution is -0.137. The Labute approximate surface area is 110 Å². The molecule has 1 N–H and O–H groups in total. The number of carboxylic acid groups (broad SMARTS) is 1. The Balaban J connectivity index is 2.28. The molecule has 0 aliphatic heterocycles. The summed E-state index contributed by atoms with van der Waals surface area (Å²) in [6.45, 7) is 3.82. The first-order chi connectivity index (χ1) is 8.58. The van der Waals surface area contributed by atoms with Crippen molar-refractivity contribution in [2.45, 2.75) is 24.1 Å². The minimum Gasteiger partial charge on any atom is -0.480 e. The Hall–Kier alpha value is -1.55. The van der Waals surface area contributed by atoms with Crippen molar-refractivity contribution in [2.75, 3.05) is 0 Å². The summed E-state index contributed by atoms with van der Waals surface area (Å²) < 4.78 is 0. The quantitative estimate of drug-likeness (QED) is 0.857. The lowest BCUT2D eigenvalue weighted by Crippen LogP contribution is -2.22. The van der Waals surface area contributed by atoms with E-state index in [2.05, 4.69) is 4.98 Å². The van der Waals surface area contributed by atoms with Gasteiger partial charge in [0.25, 0.3) is 0 Å². The van der Waals surface area contributed by atoms with Crippen molar-refractivity contribution >= 4 is 28.6 Å². The van der Waals surface area contributed by atoms with Crippen LogP contribution in [0, 0.1) is 5.92 Å². The van der Waals surface area contributed by atoms with Crippen molar-refractivity contribution in [3.63, 3.8) is 0 Å². The summed E-state index contributed by atoms with van der Waals surface area (Å²) in [5, 5.41) is 10.5. The van der Waals surface area contributed by atoms with E-state index >= 15 is 0 Å². The second-order valence-corrected chi connectivity index (χ2v) is 5.62. The number of fused-ring (bicyclic) bond motifs is 1. The van der Waals surface area contributed by atoms with Crippen molar-refractivity contribution in [2.24, 2.45) is 5.92 Å². The summed E-state index contributed by atoms with van der Waals surface area (Å²) in [5.74, 6) is -0.717. The third-order valence-corrected chi connectivity index (χ3v) is 4.14. The van der Waals surface area contributed by atoms with Crippen LogP contribution in [0.15, 0.2) is 41.4 Å². The minimum absolute atomic E-state index is 0.0702. The number of hydrogen-bond acceptors (Lipinski definition) is 3. The van der Waals surface area contributed by atoms with Crippen LogP contribution in [0.25, 0.3) is 10.9 Å². The second-order valence-electron chi connectivity index (χ2n) is 4.46. The van der Waals surface area contributed by atoms with Crippen molar-refractivity contribution < 1.29 is 9.90 Å². The summed E-state index contributed by atoms with van der Waals surface area (Å²) in [5.41, 5.74) is 0.899. The van der Waals surface area contributed by atoms with Gasteiger partial charge in [-0.1, -0.05) is 49.9 Å². The average Bonchev–Trinajstić information content (AvgIpc) is 2.35. The molecule has 0 amide bonds. The molecule has 0 fully saturated rings. The monoisotopic (exact) mass is 261 g/mol. The van der Waals surface area contributed by atoms with Gasteiger partial charge in [0.15, 0.2) is 0 Å². The number of hydrogen-bond donors (Lipinski definition) is 1. The Morgan fingerprint density at radius 1 is 1.22 bits per heavy atom. The molecular formula is C14H15NO2S. The molecule has 94 valence electrons. The van der Waals surface area contributed by atoms with Crippen LogP contribution in [0.5, 0.6) is 0 Å². The molecule has 0 radical (unpaired) electrons. The zero-order valence-corrected chi connectivity index (χ0v) is 11.1. The first kappa shape index (κ1) is 12.9. The molecule has 4 heteroatoms. The lowest BCUT2D eigenvalue weighted by atomic mass is 10.1. The van der Waals surface area contributed by atoms with Crippen LogP contribution in [-0.4, -0.2) is 21.3 Å². The number of rotatable bonds is 4. The number of aromatic nitrogens is 1. The molecular weight excluding hydrogens is 246 g/mol. The van der Waals surface area contributed by atoms with Crippen molar-refractivity contribution in [3.05, 3.63) is 36.4 Å². The number of pyridine rings is 1. The molecule has 1 aromatic carbocycles. The molecule has 1 aromatic heterocycles. The zero-order chi connectivity index (χ0) is 13.1. The van der Waals surface area contributed by atoms with E-state index in [-0.39, 0.29) is 5.92 Å². The molecule has 2 rings (SSSR count). The molecule has 1 atom stereocenters. The van der Waals surface area contributed by atoms with Crippen LogP contribution < -0.4 is 0 Å². The predicted molar refractivity (Wildman–Crippen MR) is 73.9 cm³/mol. The molecule has 0 aliphatic carbocycles. The van der Waals surface area contributed by atoms with Gasteiger partial charge in [-0.15, -0.1) is 0 Å². The standard InChI is InChI=1S/C14H15NO2S/c1-9(2)13(14(16)17)18-12-8-7-10-5-3-4-6-11(10)15-12/h3-9,13H,1-2H3,(H,16,17). The number of carbonyl (C=O) groups is 1. The van der Waals surface area contributed by atoms with Crippen LogP contribution in [0.2, 0.25) is 0 Å². The normalized spacial score (nSPS) is 12.8. The number of thioether (sulfide) groups is 1. The Kier molecular flexibility index (Phi) is 3.87. The smallest absolute Gasteiger partial charge is 0.317 e. The van der Waals surface area contributed by atoms with E-state index < -0.39 is 11.2 Å². The van der Waals surface area contributed by atoms with Gasteiger partial charge in [0.05, 0.1) is 10.5 Å². The van der Waals surface area contributed by atoms with E-state index in [0.717, 1.165) is 15.9 Å².